The van der Waals surface area contributed by atoms with Gasteiger partial charge in [-0.25, -0.2) is 0 Å². The summed E-state index contributed by atoms with van der Waals surface area (Å²) in [7, 11) is 0. The van der Waals surface area contributed by atoms with Crippen molar-refractivity contribution in [3.8, 4) is 0 Å². The first kappa shape index (κ1) is 16.4. The lowest BCUT2D eigenvalue weighted by Crippen LogP contribution is -2.37. The van der Waals surface area contributed by atoms with Gasteiger partial charge in [0.05, 0.1) is 11.1 Å². The number of nitrogens with one attached hydrogen (secondary N) is 1. The number of ether oxygens (including phenoxy) is 1. The van der Waals surface area contributed by atoms with Gasteiger partial charge in [-0.2, -0.15) is 0 Å². The fraction of sp³-hybridized carbons (Fsp3) is 0.353. The van der Waals surface area contributed by atoms with Gasteiger partial charge in [-0.3, -0.25) is 4.79 Å². The summed E-state index contributed by atoms with van der Waals surface area (Å²) in [6.07, 6.45) is 2.10. The monoisotopic (exact) mass is 352 g/mol. The summed E-state index contributed by atoms with van der Waals surface area (Å²) < 4.78 is 5.68. The van der Waals surface area contributed by atoms with E-state index in [0.29, 0.717) is 23.8 Å². The molecule has 2 aromatic rings. The Morgan fingerprint density at radius 2 is 2.09 bits per heavy atom. The van der Waals surface area contributed by atoms with Crippen molar-refractivity contribution in [3.05, 3.63) is 57.8 Å². The Balaban J connectivity index is 1.79. The Morgan fingerprint density at radius 1 is 1.30 bits per heavy atom. The molecule has 1 aromatic carbocycles. The Hall–Kier alpha value is -1.49. The first-order valence-corrected chi connectivity index (χ1v) is 8.38. The molecule has 0 spiro atoms. The van der Waals surface area contributed by atoms with Crippen molar-refractivity contribution in [3.63, 3.8) is 0 Å². The third-order valence-electron chi connectivity index (χ3n) is 3.91. The van der Waals surface area contributed by atoms with Crippen molar-refractivity contribution >= 4 is 29.1 Å². The maximum absolute atomic E-state index is 12.8. The largest absolute Gasteiger partial charge is 0.376 e. The lowest BCUT2D eigenvalue weighted by molar-refractivity contribution is 0.0503. The van der Waals surface area contributed by atoms with Gasteiger partial charge in [0.1, 0.15) is 10.8 Å². The van der Waals surface area contributed by atoms with Crippen LogP contribution in [0.2, 0.25) is 10.2 Å². The molecular weight excluding hydrogens is 335 g/mol. The molecular formula is C17H18Cl2N2O2. The zero-order valence-electron chi connectivity index (χ0n) is 12.6. The summed E-state index contributed by atoms with van der Waals surface area (Å²) in [5.74, 6) is -0.127. The van der Waals surface area contributed by atoms with Crippen LogP contribution in [0.15, 0.2) is 36.4 Å². The number of hydrogen-bond acceptors (Lipinski definition) is 2. The van der Waals surface area contributed by atoms with E-state index in [-0.39, 0.29) is 17.2 Å². The van der Waals surface area contributed by atoms with E-state index in [0.717, 1.165) is 25.0 Å². The number of aromatic amines is 1. The second-order valence-corrected chi connectivity index (χ2v) is 6.44. The summed E-state index contributed by atoms with van der Waals surface area (Å²) >= 11 is 11.9. The van der Waals surface area contributed by atoms with Gasteiger partial charge in [-0.05, 0) is 24.5 Å². The number of hydrogen-bond donors (Lipinski definition) is 1. The highest BCUT2D eigenvalue weighted by Crippen LogP contribution is 2.24. The number of halogens is 2. The van der Waals surface area contributed by atoms with Crippen LogP contribution in [-0.4, -0.2) is 35.0 Å². The number of H-pyrrole nitrogens is 1. The van der Waals surface area contributed by atoms with Crippen LogP contribution in [0.25, 0.3) is 0 Å². The normalized spacial score (nSPS) is 17.4. The number of amides is 1. The van der Waals surface area contributed by atoms with E-state index >= 15 is 0 Å². The molecule has 0 bridgehead atoms. The van der Waals surface area contributed by atoms with Crippen LogP contribution in [0.5, 0.6) is 0 Å². The first-order chi connectivity index (χ1) is 11.1. The summed E-state index contributed by atoms with van der Waals surface area (Å²) in [6, 6.07) is 11.5. The number of benzene rings is 1. The van der Waals surface area contributed by atoms with Gasteiger partial charge in [0.25, 0.3) is 5.91 Å². The smallest absolute Gasteiger partial charge is 0.270 e. The van der Waals surface area contributed by atoms with E-state index in [2.05, 4.69) is 4.98 Å². The van der Waals surface area contributed by atoms with Gasteiger partial charge in [0.15, 0.2) is 0 Å². The second kappa shape index (κ2) is 7.39. The molecule has 1 saturated heterocycles. The molecule has 1 aromatic heterocycles. The number of aromatic nitrogens is 1. The molecule has 3 rings (SSSR count). The fourth-order valence-electron chi connectivity index (χ4n) is 2.75. The number of carbonyl (C=O) groups is 1. The van der Waals surface area contributed by atoms with Gasteiger partial charge >= 0.3 is 0 Å². The predicted molar refractivity (Wildman–Crippen MR) is 91.0 cm³/mol. The topological polar surface area (TPSA) is 45.3 Å². The summed E-state index contributed by atoms with van der Waals surface area (Å²) in [4.78, 5) is 17.4. The highest BCUT2D eigenvalue weighted by molar-refractivity contribution is 6.41. The molecule has 1 N–H and O–H groups in total. The minimum Gasteiger partial charge on any atom is -0.376 e. The third kappa shape index (κ3) is 4.08. The number of nitrogens with zero attached hydrogens (tertiary/aromatic N) is 1. The maximum Gasteiger partial charge on any atom is 0.270 e. The van der Waals surface area contributed by atoms with E-state index in [9.17, 15) is 4.79 Å². The van der Waals surface area contributed by atoms with E-state index in [4.69, 9.17) is 27.9 Å². The van der Waals surface area contributed by atoms with Crippen LogP contribution in [0.1, 0.15) is 28.9 Å². The molecule has 1 aliphatic heterocycles. The SMILES string of the molecule is O=C(c1cc(Cl)c(Cl)[nH]1)N(Cc1ccccc1)C[C@H]1CCCO1. The molecule has 2 heterocycles. The Morgan fingerprint density at radius 3 is 2.70 bits per heavy atom. The van der Waals surface area contributed by atoms with Gasteiger partial charge in [0, 0.05) is 19.7 Å². The molecule has 1 fully saturated rings. The van der Waals surface area contributed by atoms with Crippen LogP contribution in [0.4, 0.5) is 0 Å². The van der Waals surface area contributed by atoms with Gasteiger partial charge in [0.2, 0.25) is 0 Å². The predicted octanol–water partition coefficient (Wildman–Crippen LogP) is 4.14. The standard InChI is InChI=1S/C17H18Cl2N2O2/c18-14-9-15(20-16(14)19)17(22)21(11-13-7-4-8-23-13)10-12-5-2-1-3-6-12/h1-3,5-6,9,13,20H,4,7-8,10-11H2/t13-/m1/s1. The Labute approximate surface area is 145 Å². The maximum atomic E-state index is 12.8. The Bertz CT molecular complexity index is 647. The molecule has 6 heteroatoms. The molecule has 0 unspecified atom stereocenters. The number of rotatable bonds is 5. The molecule has 0 saturated carbocycles. The summed E-state index contributed by atoms with van der Waals surface area (Å²) in [5.41, 5.74) is 1.47. The minimum absolute atomic E-state index is 0.0866. The van der Waals surface area contributed by atoms with Crippen LogP contribution < -0.4 is 0 Å². The highest BCUT2D eigenvalue weighted by Gasteiger charge is 2.25. The van der Waals surface area contributed by atoms with Crippen molar-refractivity contribution < 1.29 is 9.53 Å². The third-order valence-corrected chi connectivity index (χ3v) is 4.60. The molecule has 23 heavy (non-hydrogen) atoms. The van der Waals surface area contributed by atoms with Crippen molar-refractivity contribution in [1.29, 1.82) is 0 Å². The second-order valence-electron chi connectivity index (χ2n) is 5.65. The lowest BCUT2D eigenvalue weighted by Gasteiger charge is -2.25. The zero-order valence-corrected chi connectivity index (χ0v) is 14.1. The molecule has 1 aliphatic rings. The van der Waals surface area contributed by atoms with Gasteiger partial charge < -0.3 is 14.6 Å². The highest BCUT2D eigenvalue weighted by atomic mass is 35.5. The summed E-state index contributed by atoms with van der Waals surface area (Å²) in [5, 5.41) is 0.638. The minimum atomic E-state index is -0.127. The van der Waals surface area contributed by atoms with Crippen LogP contribution >= 0.6 is 23.2 Å². The molecule has 4 nitrogen and oxygen atoms in total. The van der Waals surface area contributed by atoms with Gasteiger partial charge in [-0.1, -0.05) is 53.5 Å². The molecule has 1 atom stereocenters. The van der Waals surface area contributed by atoms with E-state index < -0.39 is 0 Å². The van der Waals surface area contributed by atoms with Crippen molar-refractivity contribution in [2.45, 2.75) is 25.5 Å². The molecule has 1 amide bonds. The van der Waals surface area contributed by atoms with Crippen LogP contribution in [-0.2, 0) is 11.3 Å². The van der Waals surface area contributed by atoms with Crippen molar-refractivity contribution in [1.82, 2.24) is 9.88 Å². The van der Waals surface area contributed by atoms with E-state index in [1.54, 1.807) is 11.0 Å². The number of carbonyl (C=O) groups excluding carboxylic acids is 1. The van der Waals surface area contributed by atoms with Crippen molar-refractivity contribution in [2.75, 3.05) is 13.2 Å². The van der Waals surface area contributed by atoms with E-state index in [1.165, 1.54) is 0 Å². The summed E-state index contributed by atoms with van der Waals surface area (Å²) in [6.45, 7) is 1.84. The molecule has 0 aliphatic carbocycles. The Kier molecular flexibility index (Phi) is 5.26. The van der Waals surface area contributed by atoms with E-state index in [1.807, 2.05) is 30.3 Å². The quantitative estimate of drug-likeness (QED) is 0.878. The zero-order chi connectivity index (χ0) is 16.2. The average Bonchev–Trinajstić information content (AvgIpc) is 3.17. The average molecular weight is 353 g/mol. The van der Waals surface area contributed by atoms with Crippen molar-refractivity contribution in [2.24, 2.45) is 0 Å². The molecule has 0 radical (unpaired) electrons. The van der Waals surface area contributed by atoms with Gasteiger partial charge in [-0.15, -0.1) is 0 Å². The fourth-order valence-corrected chi connectivity index (χ4v) is 3.06. The molecule has 122 valence electrons. The first-order valence-electron chi connectivity index (χ1n) is 7.62. The lowest BCUT2D eigenvalue weighted by atomic mass is 10.1. The van der Waals surface area contributed by atoms with Crippen LogP contribution in [0.3, 0.4) is 0 Å². The van der Waals surface area contributed by atoms with Crippen LogP contribution in [0, 0.1) is 0 Å².